The average Bonchev–Trinajstić information content (AvgIpc) is 2.76. The van der Waals surface area contributed by atoms with Gasteiger partial charge < -0.3 is 9.84 Å². The van der Waals surface area contributed by atoms with E-state index in [0.29, 0.717) is 28.8 Å². The number of pyridine rings is 1. The molecule has 0 saturated carbocycles. The molecule has 1 unspecified atom stereocenters. The van der Waals surface area contributed by atoms with Crippen molar-refractivity contribution >= 4 is 0 Å². The van der Waals surface area contributed by atoms with E-state index >= 15 is 0 Å². The molecule has 3 nitrogen and oxygen atoms in total. The Balaban J connectivity index is 2.01. The predicted octanol–water partition coefficient (Wildman–Crippen LogP) is 6.37. The van der Waals surface area contributed by atoms with Gasteiger partial charge in [-0.15, -0.1) is 0 Å². The Morgan fingerprint density at radius 3 is 1.88 bits per heavy atom. The van der Waals surface area contributed by atoms with Crippen molar-refractivity contribution in [1.82, 2.24) is 4.98 Å². The Bertz CT molecular complexity index is 1070. The normalized spacial score (nSPS) is 13.7. The molecule has 0 spiro atoms. The van der Waals surface area contributed by atoms with E-state index in [4.69, 9.17) is 0 Å². The molecule has 0 saturated heterocycles. The first-order valence-electron chi connectivity index (χ1n) is 9.73. The van der Waals surface area contributed by atoms with Crippen molar-refractivity contribution in [1.29, 1.82) is 0 Å². The molecule has 11 heteroatoms. The minimum Gasteiger partial charge on any atom is -0.435 e. The molecular weight excluding hydrogens is 474 g/mol. The fraction of sp³-hybridized carbons (Fsp3) is 0.261. The molecule has 0 aliphatic carbocycles. The lowest BCUT2D eigenvalue weighted by Crippen LogP contribution is -2.53. The monoisotopic (exact) mass is 491 g/mol. The van der Waals surface area contributed by atoms with Gasteiger partial charge in [0, 0.05) is 29.4 Å². The van der Waals surface area contributed by atoms with Gasteiger partial charge in [0.15, 0.2) is 0 Å². The van der Waals surface area contributed by atoms with Gasteiger partial charge in [-0.1, -0.05) is 42.5 Å². The fourth-order valence-corrected chi connectivity index (χ4v) is 3.58. The van der Waals surface area contributed by atoms with Gasteiger partial charge in [-0.05, 0) is 35.7 Å². The maximum atomic E-state index is 13.1. The number of aliphatic hydroxyl groups is 1. The number of benzene rings is 2. The van der Waals surface area contributed by atoms with Crippen LogP contribution in [0.25, 0.3) is 0 Å². The van der Waals surface area contributed by atoms with Crippen LogP contribution < -0.4 is 4.74 Å². The molecule has 3 rings (SSSR count). The van der Waals surface area contributed by atoms with Gasteiger partial charge in [-0.25, -0.2) is 0 Å². The van der Waals surface area contributed by atoms with Crippen molar-refractivity contribution in [2.75, 3.05) is 0 Å². The zero-order valence-electron chi connectivity index (χ0n) is 17.1. The summed E-state index contributed by atoms with van der Waals surface area (Å²) < 4.78 is 109. The molecular formula is C23H17F8NO2. The van der Waals surface area contributed by atoms with E-state index in [9.17, 15) is 40.2 Å². The molecule has 0 radical (unpaired) electrons. The molecule has 182 valence electrons. The van der Waals surface area contributed by atoms with E-state index in [0.717, 1.165) is 12.1 Å². The van der Waals surface area contributed by atoms with Crippen LogP contribution in [-0.4, -0.2) is 29.1 Å². The summed E-state index contributed by atoms with van der Waals surface area (Å²) in [6.45, 7) is -3.11. The highest BCUT2D eigenvalue weighted by Crippen LogP contribution is 2.50. The van der Waals surface area contributed by atoms with Crippen molar-refractivity contribution in [3.63, 3.8) is 0 Å². The summed E-state index contributed by atoms with van der Waals surface area (Å²) in [7, 11) is 0. The van der Waals surface area contributed by atoms with E-state index in [-0.39, 0.29) is 12.2 Å². The van der Waals surface area contributed by atoms with E-state index in [1.807, 2.05) is 0 Å². The highest BCUT2D eigenvalue weighted by molar-refractivity contribution is 5.43. The second-order valence-corrected chi connectivity index (χ2v) is 7.36. The minimum atomic E-state index is -6.00. The van der Waals surface area contributed by atoms with E-state index in [1.54, 1.807) is 18.2 Å². The third kappa shape index (κ3) is 5.14. The van der Waals surface area contributed by atoms with Crippen LogP contribution >= 0.6 is 0 Å². The van der Waals surface area contributed by atoms with Gasteiger partial charge in [0.2, 0.25) is 0 Å². The molecule has 0 fully saturated rings. The summed E-state index contributed by atoms with van der Waals surface area (Å²) >= 11 is 0. The van der Waals surface area contributed by atoms with Gasteiger partial charge in [0.05, 0.1) is 0 Å². The smallest absolute Gasteiger partial charge is 0.430 e. The molecule has 0 bridgehead atoms. The van der Waals surface area contributed by atoms with Crippen molar-refractivity contribution in [2.45, 2.75) is 36.9 Å². The largest absolute Gasteiger partial charge is 0.435 e. The average molecular weight is 491 g/mol. The van der Waals surface area contributed by atoms with Crippen LogP contribution in [0.2, 0.25) is 0 Å². The summed E-state index contributed by atoms with van der Waals surface area (Å²) in [6.07, 6.45) is -9.08. The van der Waals surface area contributed by atoms with Crippen LogP contribution in [0.3, 0.4) is 0 Å². The van der Waals surface area contributed by atoms with E-state index in [1.165, 1.54) is 30.6 Å². The number of ether oxygens (including phenoxy) is 1. The quantitative estimate of drug-likeness (QED) is 0.391. The Labute approximate surface area is 188 Å². The van der Waals surface area contributed by atoms with Gasteiger partial charge in [-0.3, -0.25) is 4.98 Å². The number of halogens is 8. The van der Waals surface area contributed by atoms with Crippen molar-refractivity contribution in [3.8, 4) is 5.75 Å². The summed E-state index contributed by atoms with van der Waals surface area (Å²) in [6, 6.07) is 12.2. The second-order valence-electron chi connectivity index (χ2n) is 7.36. The van der Waals surface area contributed by atoms with Crippen molar-refractivity contribution < 1.29 is 45.0 Å². The molecule has 1 N–H and O–H groups in total. The highest BCUT2D eigenvalue weighted by atomic mass is 19.4. The van der Waals surface area contributed by atoms with Gasteiger partial charge in [0.25, 0.3) is 5.60 Å². The molecule has 0 aliphatic heterocycles. The highest BCUT2D eigenvalue weighted by Gasteiger charge is 2.71. The minimum absolute atomic E-state index is 0.0182. The number of hydrogen-bond donors (Lipinski definition) is 1. The Kier molecular flexibility index (Phi) is 7.15. The van der Waals surface area contributed by atoms with Gasteiger partial charge in [-0.2, -0.15) is 35.1 Å². The van der Waals surface area contributed by atoms with Gasteiger partial charge in [0.1, 0.15) is 5.75 Å². The number of alkyl halides is 8. The Morgan fingerprint density at radius 1 is 0.794 bits per heavy atom. The van der Waals surface area contributed by atoms with Crippen LogP contribution in [0.15, 0.2) is 73.1 Å². The predicted molar refractivity (Wildman–Crippen MR) is 105 cm³/mol. The molecule has 1 heterocycles. The number of nitrogens with zero attached hydrogens (tertiary/aromatic N) is 1. The lowest BCUT2D eigenvalue weighted by molar-refractivity contribution is -0.376. The summed E-state index contributed by atoms with van der Waals surface area (Å²) in [4.78, 5) is 3.89. The molecule has 3 aromatic rings. The zero-order valence-corrected chi connectivity index (χ0v) is 17.1. The van der Waals surface area contributed by atoms with Crippen molar-refractivity contribution in [2.24, 2.45) is 0 Å². The Morgan fingerprint density at radius 2 is 1.35 bits per heavy atom. The van der Waals surface area contributed by atoms with Crippen LogP contribution in [0.4, 0.5) is 35.1 Å². The fourth-order valence-electron chi connectivity index (χ4n) is 3.58. The van der Waals surface area contributed by atoms with Crippen molar-refractivity contribution in [3.05, 3.63) is 95.3 Å². The number of aromatic nitrogens is 1. The maximum Gasteiger partial charge on any atom is 0.430 e. The second kappa shape index (κ2) is 9.57. The standard InChI is InChI=1S/C23H17F8NO2/c24-20(25)34-19-4-2-1-3-17(19)18(15-9-11-32-12-10-15)13-14-5-7-16(8-6-14)21(33,22(26,27)28)23(29,30)31/h1-12,18,20,33H,13H2. The molecule has 0 amide bonds. The molecule has 2 aromatic carbocycles. The third-order valence-electron chi connectivity index (χ3n) is 5.25. The number of para-hydroxylation sites is 1. The SMILES string of the molecule is OC(c1ccc(CC(c2ccncc2)c2ccccc2OC(F)F)cc1)(C(F)(F)F)C(F)(F)F. The van der Waals surface area contributed by atoms with E-state index in [2.05, 4.69) is 9.72 Å². The maximum absolute atomic E-state index is 13.1. The Hall–Kier alpha value is -3.21. The van der Waals surface area contributed by atoms with Crippen LogP contribution in [0.1, 0.15) is 28.2 Å². The van der Waals surface area contributed by atoms with Crippen LogP contribution in [0, 0.1) is 0 Å². The third-order valence-corrected chi connectivity index (χ3v) is 5.25. The first-order valence-corrected chi connectivity index (χ1v) is 9.73. The molecule has 34 heavy (non-hydrogen) atoms. The lowest BCUT2D eigenvalue weighted by Gasteiger charge is -2.32. The van der Waals surface area contributed by atoms with E-state index < -0.39 is 36.0 Å². The zero-order chi connectivity index (χ0) is 25.1. The summed E-state index contributed by atoms with van der Waals surface area (Å²) in [5.74, 6) is -0.771. The van der Waals surface area contributed by atoms with Gasteiger partial charge >= 0.3 is 19.0 Å². The lowest BCUT2D eigenvalue weighted by atomic mass is 9.84. The first kappa shape index (κ1) is 25.4. The van der Waals surface area contributed by atoms with Crippen LogP contribution in [-0.2, 0) is 12.0 Å². The number of rotatable bonds is 7. The topological polar surface area (TPSA) is 42.4 Å². The first-order chi connectivity index (χ1) is 15.8. The van der Waals surface area contributed by atoms with Crippen LogP contribution in [0.5, 0.6) is 5.75 Å². The number of hydrogen-bond acceptors (Lipinski definition) is 3. The molecule has 1 atom stereocenters. The summed E-state index contributed by atoms with van der Waals surface area (Å²) in [5, 5.41) is 9.56. The molecule has 0 aliphatic rings. The molecule has 1 aromatic heterocycles. The summed E-state index contributed by atoms with van der Waals surface area (Å²) in [5.41, 5.74) is -5.20.